The standard InChI is InChI=1S/C27H40N8O3/c1-15-6-8-17(9-7-15)12-34-21-22(28-16(2)18-4-3-5-18)29-24(25-32-27(36)38-33-25)30-23(21)31-26(34)35-19-10-11-20(35)14-37-13-19/h15-20,25,33H,3-14H2,1-2H3,(H,32,36)(H,28,29,30)/t15?,16-,17?,19?,20?,25?/m1/s1. The van der Waals surface area contributed by atoms with Gasteiger partial charge in [-0.3, -0.25) is 5.32 Å². The van der Waals surface area contributed by atoms with E-state index in [-0.39, 0.29) is 0 Å². The lowest BCUT2D eigenvalue weighted by atomic mass is 9.80. The number of anilines is 2. The molecule has 3 aliphatic heterocycles. The normalized spacial score (nSPS) is 32.2. The average Bonchev–Trinajstić information content (AvgIpc) is 3.52. The molecule has 5 aliphatic rings. The van der Waals surface area contributed by atoms with Crippen LogP contribution in [-0.2, 0) is 16.1 Å². The number of hydroxylamine groups is 1. The smallest absolute Gasteiger partial charge is 0.377 e. The van der Waals surface area contributed by atoms with Crippen molar-refractivity contribution in [2.75, 3.05) is 23.4 Å². The Balaban J connectivity index is 1.34. The van der Waals surface area contributed by atoms with Crippen LogP contribution in [0.15, 0.2) is 0 Å². The zero-order valence-electron chi connectivity index (χ0n) is 22.5. The Bertz CT molecular complexity index is 1170. The van der Waals surface area contributed by atoms with E-state index >= 15 is 0 Å². The number of carbonyl (C=O) groups is 1. The van der Waals surface area contributed by atoms with Gasteiger partial charge in [-0.25, -0.2) is 14.8 Å². The highest BCUT2D eigenvalue weighted by molar-refractivity contribution is 5.86. The van der Waals surface area contributed by atoms with Gasteiger partial charge in [0, 0.05) is 12.6 Å². The fourth-order valence-electron chi connectivity index (χ4n) is 7.05. The molecule has 0 spiro atoms. The number of carbonyl (C=O) groups excluding carboxylic acids is 1. The number of rotatable bonds is 7. The molecule has 2 aliphatic carbocycles. The van der Waals surface area contributed by atoms with Crippen LogP contribution in [0.3, 0.4) is 0 Å². The van der Waals surface area contributed by atoms with Crippen molar-refractivity contribution in [2.24, 2.45) is 17.8 Å². The third kappa shape index (κ3) is 4.37. The number of ether oxygens (including phenoxy) is 1. The second-order valence-corrected chi connectivity index (χ2v) is 12.3. The number of nitrogens with zero attached hydrogens (tertiary/aromatic N) is 5. The number of amides is 1. The summed E-state index contributed by atoms with van der Waals surface area (Å²) >= 11 is 0. The Morgan fingerprint density at radius 2 is 1.79 bits per heavy atom. The first kappa shape index (κ1) is 24.4. The summed E-state index contributed by atoms with van der Waals surface area (Å²) in [7, 11) is 0. The van der Waals surface area contributed by atoms with Gasteiger partial charge in [-0.1, -0.05) is 26.2 Å². The molecule has 3 N–H and O–H groups in total. The fourth-order valence-corrected chi connectivity index (χ4v) is 7.05. The van der Waals surface area contributed by atoms with Crippen molar-refractivity contribution in [2.45, 2.75) is 102 Å². The summed E-state index contributed by atoms with van der Waals surface area (Å²) < 4.78 is 8.34. The molecule has 3 unspecified atom stereocenters. The summed E-state index contributed by atoms with van der Waals surface area (Å²) in [6.45, 7) is 7.04. The van der Waals surface area contributed by atoms with Crippen molar-refractivity contribution in [1.29, 1.82) is 0 Å². The van der Waals surface area contributed by atoms with Crippen molar-refractivity contribution in [3.8, 4) is 0 Å². The topological polar surface area (TPSA) is 118 Å². The van der Waals surface area contributed by atoms with Gasteiger partial charge < -0.3 is 24.4 Å². The summed E-state index contributed by atoms with van der Waals surface area (Å²) in [6, 6.07) is 0.981. The van der Waals surface area contributed by atoms with E-state index in [9.17, 15) is 4.79 Å². The minimum atomic E-state index is -0.612. The van der Waals surface area contributed by atoms with E-state index in [0.717, 1.165) is 55.8 Å². The molecule has 4 atom stereocenters. The average molecular weight is 525 g/mol. The zero-order valence-corrected chi connectivity index (χ0v) is 22.5. The lowest BCUT2D eigenvalue weighted by Crippen LogP contribution is -2.47. The summed E-state index contributed by atoms with van der Waals surface area (Å²) in [6.07, 6.45) is 9.94. The van der Waals surface area contributed by atoms with Gasteiger partial charge in [0.05, 0.1) is 25.3 Å². The highest BCUT2D eigenvalue weighted by Crippen LogP contribution is 2.39. The molecule has 2 saturated carbocycles. The van der Waals surface area contributed by atoms with Crippen LogP contribution in [0.2, 0.25) is 0 Å². The number of hydrogen-bond donors (Lipinski definition) is 3. The molecule has 7 rings (SSSR count). The van der Waals surface area contributed by atoms with Crippen molar-refractivity contribution >= 4 is 29.0 Å². The maximum absolute atomic E-state index is 11.8. The SMILES string of the molecule is CC1CCC(Cn2c(N3C4CCC3COC4)nc3nc(C4NOC(=O)N4)nc(N[C@H](C)C4CCC4)c32)CC1. The largest absolute Gasteiger partial charge is 0.427 e. The van der Waals surface area contributed by atoms with Gasteiger partial charge in [-0.05, 0) is 63.2 Å². The monoisotopic (exact) mass is 524 g/mol. The molecule has 11 nitrogen and oxygen atoms in total. The van der Waals surface area contributed by atoms with E-state index in [1.165, 1.54) is 44.9 Å². The van der Waals surface area contributed by atoms with Crippen molar-refractivity contribution in [3.05, 3.63) is 5.82 Å². The Kier molecular flexibility index (Phi) is 6.30. The predicted octanol–water partition coefficient (Wildman–Crippen LogP) is 3.86. The van der Waals surface area contributed by atoms with Gasteiger partial charge in [0.25, 0.3) is 0 Å². The number of aromatic nitrogens is 4. The Labute approximate surface area is 223 Å². The van der Waals surface area contributed by atoms with Crippen molar-refractivity contribution in [1.82, 2.24) is 30.3 Å². The quantitative estimate of drug-likeness (QED) is 0.496. The lowest BCUT2D eigenvalue weighted by molar-refractivity contribution is 0.0892. The van der Waals surface area contributed by atoms with Gasteiger partial charge in [0.2, 0.25) is 5.95 Å². The zero-order chi connectivity index (χ0) is 25.8. The third-order valence-electron chi connectivity index (χ3n) is 9.66. The van der Waals surface area contributed by atoms with Crippen LogP contribution in [0.4, 0.5) is 16.6 Å². The molecule has 0 radical (unpaired) electrons. The molecule has 38 heavy (non-hydrogen) atoms. The van der Waals surface area contributed by atoms with Crippen LogP contribution in [0.1, 0.15) is 83.6 Å². The maximum Gasteiger partial charge on any atom is 0.427 e. The fraction of sp³-hybridized carbons (Fsp3) is 0.778. The van der Waals surface area contributed by atoms with Crippen LogP contribution in [0, 0.1) is 17.8 Å². The van der Waals surface area contributed by atoms with Crippen LogP contribution >= 0.6 is 0 Å². The Morgan fingerprint density at radius 3 is 2.45 bits per heavy atom. The summed E-state index contributed by atoms with van der Waals surface area (Å²) in [5.41, 5.74) is 4.37. The number of hydrogen-bond acceptors (Lipinski definition) is 9. The van der Waals surface area contributed by atoms with Gasteiger partial charge in [0.1, 0.15) is 5.52 Å². The molecular formula is C27H40N8O3. The molecule has 5 heterocycles. The Morgan fingerprint density at radius 1 is 1.03 bits per heavy atom. The van der Waals surface area contributed by atoms with Crippen LogP contribution in [0.5, 0.6) is 0 Å². The first-order chi connectivity index (χ1) is 18.5. The molecule has 5 fully saturated rings. The molecule has 206 valence electrons. The molecule has 1 amide bonds. The highest BCUT2D eigenvalue weighted by Gasteiger charge is 2.41. The molecule has 0 aromatic carbocycles. The number of morpholine rings is 1. The number of imidazole rings is 1. The highest BCUT2D eigenvalue weighted by atomic mass is 16.7. The van der Waals surface area contributed by atoms with E-state index in [4.69, 9.17) is 24.5 Å². The van der Waals surface area contributed by atoms with Gasteiger partial charge >= 0.3 is 6.09 Å². The minimum Gasteiger partial charge on any atom is -0.377 e. The minimum absolute atomic E-state index is 0.291. The first-order valence-electron chi connectivity index (χ1n) is 14.7. The second kappa shape index (κ2) is 9.82. The van der Waals surface area contributed by atoms with E-state index < -0.39 is 12.3 Å². The third-order valence-corrected chi connectivity index (χ3v) is 9.66. The van der Waals surface area contributed by atoms with Gasteiger partial charge in [-0.2, -0.15) is 4.98 Å². The molecular weight excluding hydrogens is 484 g/mol. The van der Waals surface area contributed by atoms with Crippen LogP contribution in [-0.4, -0.2) is 57.0 Å². The molecule has 2 bridgehead atoms. The summed E-state index contributed by atoms with van der Waals surface area (Å²) in [5, 5.41) is 6.52. The molecule has 2 aromatic heterocycles. The predicted molar refractivity (Wildman–Crippen MR) is 142 cm³/mol. The van der Waals surface area contributed by atoms with Crippen molar-refractivity contribution < 1.29 is 14.4 Å². The van der Waals surface area contributed by atoms with Crippen LogP contribution < -0.4 is 21.0 Å². The number of fused-ring (bicyclic) bond motifs is 3. The van der Waals surface area contributed by atoms with E-state index in [1.807, 2.05) is 0 Å². The lowest BCUT2D eigenvalue weighted by Gasteiger charge is -2.36. The second-order valence-electron chi connectivity index (χ2n) is 12.3. The Hall–Kier alpha value is -2.66. The van der Waals surface area contributed by atoms with E-state index in [1.54, 1.807) is 0 Å². The number of nitrogens with one attached hydrogen (secondary N) is 3. The molecule has 3 saturated heterocycles. The van der Waals surface area contributed by atoms with Crippen molar-refractivity contribution in [3.63, 3.8) is 0 Å². The van der Waals surface area contributed by atoms with Gasteiger partial charge in [-0.15, -0.1) is 5.48 Å². The first-order valence-corrected chi connectivity index (χ1v) is 14.7. The molecule has 11 heteroatoms. The summed E-state index contributed by atoms with van der Waals surface area (Å²) in [4.78, 5) is 34.3. The summed E-state index contributed by atoms with van der Waals surface area (Å²) in [5.74, 6) is 4.32. The van der Waals surface area contributed by atoms with Crippen LogP contribution in [0.25, 0.3) is 11.2 Å². The van der Waals surface area contributed by atoms with Gasteiger partial charge in [0.15, 0.2) is 23.5 Å². The van der Waals surface area contributed by atoms with E-state index in [2.05, 4.69) is 39.4 Å². The maximum atomic E-state index is 11.8. The molecule has 2 aromatic rings. The van der Waals surface area contributed by atoms with E-state index in [0.29, 0.717) is 41.4 Å².